The first-order chi connectivity index (χ1) is 11.6. The van der Waals surface area contributed by atoms with Crippen molar-refractivity contribution >= 4 is 21.8 Å². The number of likely N-dealkylation sites (tertiary alicyclic amines) is 1. The summed E-state index contributed by atoms with van der Waals surface area (Å²) in [5.41, 5.74) is 1.45. The van der Waals surface area contributed by atoms with Gasteiger partial charge in [-0.2, -0.15) is 0 Å². The van der Waals surface area contributed by atoms with Gasteiger partial charge in [-0.25, -0.2) is 4.39 Å². The van der Waals surface area contributed by atoms with Crippen LogP contribution in [0.1, 0.15) is 41.7 Å². The van der Waals surface area contributed by atoms with Crippen LogP contribution in [-0.2, 0) is 0 Å². The van der Waals surface area contributed by atoms with Crippen LogP contribution < -0.4 is 4.74 Å². The minimum atomic E-state index is -0.404. The fourth-order valence-electron chi connectivity index (χ4n) is 3.13. The lowest BCUT2D eigenvalue weighted by molar-refractivity contribution is 0.0734. The maximum atomic E-state index is 13.5. The van der Waals surface area contributed by atoms with Crippen LogP contribution in [0.5, 0.6) is 5.75 Å². The van der Waals surface area contributed by atoms with Crippen molar-refractivity contribution in [2.24, 2.45) is 0 Å². The Bertz CT molecular complexity index is 733. The lowest BCUT2D eigenvalue weighted by atomic mass is 10.0. The van der Waals surface area contributed by atoms with Crippen molar-refractivity contribution in [2.45, 2.75) is 25.8 Å². The predicted molar refractivity (Wildman–Crippen MR) is 94.7 cm³/mol. The van der Waals surface area contributed by atoms with Gasteiger partial charge in [-0.1, -0.05) is 12.1 Å². The first-order valence-electron chi connectivity index (χ1n) is 8.09. The van der Waals surface area contributed by atoms with Crippen molar-refractivity contribution in [1.29, 1.82) is 0 Å². The fourth-order valence-corrected chi connectivity index (χ4v) is 3.54. The molecule has 1 heterocycles. The first-order valence-corrected chi connectivity index (χ1v) is 8.88. The third-order valence-corrected chi connectivity index (χ3v) is 4.94. The number of nitrogens with zero attached hydrogens (tertiary/aromatic N) is 1. The first kappa shape index (κ1) is 17.0. The molecule has 1 atom stereocenters. The van der Waals surface area contributed by atoms with E-state index in [1.807, 2.05) is 36.1 Å². The van der Waals surface area contributed by atoms with Crippen molar-refractivity contribution in [1.82, 2.24) is 4.90 Å². The second kappa shape index (κ2) is 7.34. The molecule has 1 aliphatic rings. The van der Waals surface area contributed by atoms with Gasteiger partial charge in [0.2, 0.25) is 0 Å². The van der Waals surface area contributed by atoms with Crippen LogP contribution in [0, 0.1) is 5.82 Å². The molecule has 0 aliphatic carbocycles. The summed E-state index contributed by atoms with van der Waals surface area (Å²) in [6, 6.07) is 12.1. The van der Waals surface area contributed by atoms with Crippen LogP contribution in [0.15, 0.2) is 46.9 Å². The number of carbonyl (C=O) groups is 1. The summed E-state index contributed by atoms with van der Waals surface area (Å²) in [5.74, 6) is 0.279. The number of halogens is 2. The van der Waals surface area contributed by atoms with Crippen molar-refractivity contribution in [3.63, 3.8) is 0 Å². The fraction of sp³-hybridized carbons (Fsp3) is 0.316. The zero-order valence-electron chi connectivity index (χ0n) is 13.5. The number of amides is 1. The van der Waals surface area contributed by atoms with Crippen molar-refractivity contribution in [3.8, 4) is 5.75 Å². The Labute approximate surface area is 149 Å². The highest BCUT2D eigenvalue weighted by Crippen LogP contribution is 2.35. The lowest BCUT2D eigenvalue weighted by Gasteiger charge is -2.26. The van der Waals surface area contributed by atoms with Gasteiger partial charge < -0.3 is 9.64 Å². The summed E-state index contributed by atoms with van der Waals surface area (Å²) in [5, 5.41) is 0. The van der Waals surface area contributed by atoms with E-state index in [1.54, 1.807) is 6.07 Å². The van der Waals surface area contributed by atoms with Crippen LogP contribution in [-0.4, -0.2) is 24.0 Å². The predicted octanol–water partition coefficient (Wildman–Crippen LogP) is 4.96. The summed E-state index contributed by atoms with van der Waals surface area (Å²) < 4.78 is 19.6. The summed E-state index contributed by atoms with van der Waals surface area (Å²) >= 11 is 3.35. The van der Waals surface area contributed by atoms with Gasteiger partial charge in [-0.15, -0.1) is 0 Å². The molecule has 1 aliphatic heterocycles. The van der Waals surface area contributed by atoms with E-state index in [0.29, 0.717) is 23.2 Å². The summed E-state index contributed by atoms with van der Waals surface area (Å²) in [4.78, 5) is 14.7. The number of ether oxygens (including phenoxy) is 1. The van der Waals surface area contributed by atoms with E-state index in [1.165, 1.54) is 12.1 Å². The highest BCUT2D eigenvalue weighted by Gasteiger charge is 2.31. The Kier molecular flexibility index (Phi) is 5.19. The molecule has 0 spiro atoms. The van der Waals surface area contributed by atoms with Crippen molar-refractivity contribution in [2.75, 3.05) is 13.2 Å². The zero-order chi connectivity index (χ0) is 17.1. The molecule has 0 radical (unpaired) electrons. The van der Waals surface area contributed by atoms with Gasteiger partial charge in [0.1, 0.15) is 11.6 Å². The molecule has 0 aromatic heterocycles. The van der Waals surface area contributed by atoms with Gasteiger partial charge in [0.05, 0.1) is 18.2 Å². The van der Waals surface area contributed by atoms with Crippen LogP contribution in [0.2, 0.25) is 0 Å². The molecular formula is C19H19BrFNO2. The third-order valence-electron chi connectivity index (χ3n) is 4.25. The Balaban J connectivity index is 1.84. The molecule has 0 saturated carbocycles. The Morgan fingerprint density at radius 2 is 2.04 bits per heavy atom. The molecule has 1 amide bonds. The van der Waals surface area contributed by atoms with Gasteiger partial charge in [0, 0.05) is 11.0 Å². The van der Waals surface area contributed by atoms with E-state index in [2.05, 4.69) is 15.9 Å². The number of hydrogen-bond donors (Lipinski definition) is 0. The largest absolute Gasteiger partial charge is 0.494 e. The smallest absolute Gasteiger partial charge is 0.255 e. The molecule has 0 N–H and O–H groups in total. The van der Waals surface area contributed by atoms with Gasteiger partial charge in [0.25, 0.3) is 5.91 Å². The standard InChI is InChI=1S/C19H19BrFNO2/c1-2-24-15-8-5-13(6-9-15)18-4-3-11-22(18)19(23)16-12-14(21)7-10-17(16)20/h5-10,12,18H,2-4,11H2,1H3/t18-/m0/s1. The second-order valence-electron chi connectivity index (χ2n) is 5.78. The van der Waals surface area contributed by atoms with E-state index < -0.39 is 5.82 Å². The summed E-state index contributed by atoms with van der Waals surface area (Å²) in [6.07, 6.45) is 1.85. The average molecular weight is 392 g/mol. The van der Waals surface area contributed by atoms with E-state index in [4.69, 9.17) is 4.74 Å². The van der Waals surface area contributed by atoms with Crippen LogP contribution in [0.25, 0.3) is 0 Å². The molecule has 0 bridgehead atoms. The maximum Gasteiger partial charge on any atom is 0.255 e. The molecule has 126 valence electrons. The molecule has 1 fully saturated rings. The molecular weight excluding hydrogens is 373 g/mol. The van der Waals surface area contributed by atoms with Crippen LogP contribution in [0.4, 0.5) is 4.39 Å². The Hall–Kier alpha value is -1.88. The number of hydrogen-bond acceptors (Lipinski definition) is 2. The number of carbonyl (C=O) groups excluding carboxylic acids is 1. The summed E-state index contributed by atoms with van der Waals surface area (Å²) in [6.45, 7) is 3.25. The molecule has 3 nitrogen and oxygen atoms in total. The quantitative estimate of drug-likeness (QED) is 0.736. The minimum absolute atomic E-state index is 0.0170. The van der Waals surface area contributed by atoms with E-state index in [-0.39, 0.29) is 11.9 Å². The Morgan fingerprint density at radius 3 is 2.75 bits per heavy atom. The molecule has 0 unspecified atom stereocenters. The zero-order valence-corrected chi connectivity index (χ0v) is 15.1. The van der Waals surface area contributed by atoms with Crippen molar-refractivity contribution in [3.05, 3.63) is 63.9 Å². The average Bonchev–Trinajstić information content (AvgIpc) is 3.07. The molecule has 2 aromatic carbocycles. The van der Waals surface area contributed by atoms with E-state index in [0.717, 1.165) is 24.2 Å². The molecule has 3 rings (SSSR count). The van der Waals surface area contributed by atoms with Crippen LogP contribution in [0.3, 0.4) is 0 Å². The SMILES string of the molecule is CCOc1ccc([C@@H]2CCCN2C(=O)c2cc(F)ccc2Br)cc1. The molecule has 1 saturated heterocycles. The maximum absolute atomic E-state index is 13.5. The lowest BCUT2D eigenvalue weighted by Crippen LogP contribution is -2.30. The van der Waals surface area contributed by atoms with E-state index >= 15 is 0 Å². The molecule has 5 heteroatoms. The van der Waals surface area contributed by atoms with E-state index in [9.17, 15) is 9.18 Å². The number of rotatable bonds is 4. The molecule has 2 aromatic rings. The van der Waals surface area contributed by atoms with Gasteiger partial charge in [-0.05, 0) is 71.6 Å². The van der Waals surface area contributed by atoms with Gasteiger partial charge in [-0.3, -0.25) is 4.79 Å². The monoisotopic (exact) mass is 391 g/mol. The van der Waals surface area contributed by atoms with Gasteiger partial charge in [0.15, 0.2) is 0 Å². The highest BCUT2D eigenvalue weighted by molar-refractivity contribution is 9.10. The second-order valence-corrected chi connectivity index (χ2v) is 6.64. The third kappa shape index (κ3) is 3.46. The highest BCUT2D eigenvalue weighted by atomic mass is 79.9. The minimum Gasteiger partial charge on any atom is -0.494 e. The van der Waals surface area contributed by atoms with Gasteiger partial charge >= 0.3 is 0 Å². The normalized spacial score (nSPS) is 17.1. The topological polar surface area (TPSA) is 29.5 Å². The molecule has 24 heavy (non-hydrogen) atoms. The van der Waals surface area contributed by atoms with Crippen LogP contribution >= 0.6 is 15.9 Å². The van der Waals surface area contributed by atoms with Crippen molar-refractivity contribution < 1.29 is 13.9 Å². The summed E-state index contributed by atoms with van der Waals surface area (Å²) in [7, 11) is 0. The number of benzene rings is 2. The Morgan fingerprint density at radius 1 is 1.29 bits per heavy atom.